The van der Waals surface area contributed by atoms with Crippen LogP contribution in [0, 0.1) is 0 Å². The molecule has 12 nitrogen and oxygen atoms in total. The van der Waals surface area contributed by atoms with Gasteiger partial charge in [0.2, 0.25) is 0 Å². The Balaban J connectivity index is 1.56. The number of esters is 1. The molecule has 0 N–H and O–H groups in total. The molecule has 15 heteroatoms. The lowest BCUT2D eigenvalue weighted by Gasteiger charge is -2.39. The highest BCUT2D eigenvalue weighted by Crippen LogP contribution is 2.47. The number of carbonyl (C=O) groups excluding carboxylic acids is 2. The minimum atomic E-state index is -1.31. The van der Waals surface area contributed by atoms with E-state index in [4.69, 9.17) is 29.0 Å². The van der Waals surface area contributed by atoms with Gasteiger partial charge in [0.25, 0.3) is 0 Å². The van der Waals surface area contributed by atoms with Crippen LogP contribution in [0.25, 0.3) is 16.8 Å². The third-order valence-electron chi connectivity index (χ3n) is 9.57. The molecule has 3 atom stereocenters. The Bertz CT molecular complexity index is 1680. The molecule has 2 aliphatic heterocycles. The van der Waals surface area contributed by atoms with Gasteiger partial charge in [-0.05, 0) is 80.5 Å². The van der Waals surface area contributed by atoms with Crippen LogP contribution in [0.5, 0.6) is 0 Å². The lowest BCUT2D eigenvalue weighted by atomic mass is 9.88. The second kappa shape index (κ2) is 16.3. The second-order valence-corrected chi connectivity index (χ2v) is 29.6. The van der Waals surface area contributed by atoms with E-state index in [2.05, 4.69) is 65.1 Å². The molecule has 0 radical (unpaired) electrons. The number of carbonyl (C=O) groups is 2. The van der Waals surface area contributed by atoms with Crippen molar-refractivity contribution in [3.63, 3.8) is 0 Å². The predicted octanol–water partition coefficient (Wildman–Crippen LogP) is 8.42. The van der Waals surface area contributed by atoms with Gasteiger partial charge in [-0.2, -0.15) is 9.61 Å². The van der Waals surface area contributed by atoms with Crippen LogP contribution in [0.2, 0.25) is 51.4 Å². The fourth-order valence-electron chi connectivity index (χ4n) is 6.78. The molecule has 0 unspecified atom stereocenters. The average Bonchev–Trinajstić information content (AvgIpc) is 3.59. The number of nitrogens with zero attached hydrogens (tertiary/aromatic N) is 6. The maximum Gasteiger partial charge on any atom is 0.410 e. The molecule has 5 rings (SSSR count). The summed E-state index contributed by atoms with van der Waals surface area (Å²) >= 11 is 4.03. The maximum absolute atomic E-state index is 13.3. The molecule has 0 spiro atoms. The van der Waals surface area contributed by atoms with Crippen molar-refractivity contribution in [3.8, 4) is 11.1 Å². The van der Waals surface area contributed by atoms with Gasteiger partial charge in [-0.25, -0.2) is 19.6 Å². The smallest absolute Gasteiger partial charge is 0.410 e. The number of methoxy groups -OCH3 is 1. The number of pyridine rings is 1. The van der Waals surface area contributed by atoms with Gasteiger partial charge in [0.1, 0.15) is 24.8 Å². The molecule has 286 valence electrons. The number of rotatable bonds is 14. The van der Waals surface area contributed by atoms with Crippen molar-refractivity contribution in [1.82, 2.24) is 24.5 Å². The Hall–Kier alpha value is -2.86. The first-order chi connectivity index (χ1) is 24.3. The summed E-state index contributed by atoms with van der Waals surface area (Å²) in [6.45, 7) is 21.8. The van der Waals surface area contributed by atoms with Gasteiger partial charge in [-0.3, -0.25) is 0 Å². The molecule has 1 amide bonds. The van der Waals surface area contributed by atoms with Crippen molar-refractivity contribution in [1.29, 1.82) is 0 Å². The van der Waals surface area contributed by atoms with Crippen molar-refractivity contribution in [3.05, 3.63) is 40.4 Å². The Morgan fingerprint density at radius 3 is 2.04 bits per heavy atom. The first-order valence-corrected chi connectivity index (χ1v) is 26.6. The highest BCUT2D eigenvalue weighted by molar-refractivity contribution is 9.10. The van der Waals surface area contributed by atoms with E-state index in [0.717, 1.165) is 64.9 Å². The number of aromatic nitrogens is 4. The van der Waals surface area contributed by atoms with Gasteiger partial charge < -0.3 is 28.7 Å². The summed E-state index contributed by atoms with van der Waals surface area (Å²) in [4.78, 5) is 39.3. The summed E-state index contributed by atoms with van der Waals surface area (Å²) in [7, 11) is -1.28. The van der Waals surface area contributed by atoms with E-state index in [1.54, 1.807) is 18.5 Å². The summed E-state index contributed by atoms with van der Waals surface area (Å²) in [5.74, 6) is 0.386. The number of amides is 1. The summed E-state index contributed by atoms with van der Waals surface area (Å²) < 4.78 is 26.1. The zero-order valence-electron chi connectivity index (χ0n) is 32.6. The molecule has 0 aromatic carbocycles. The van der Waals surface area contributed by atoms with E-state index in [1.807, 2.05) is 36.3 Å². The standard InChI is InChI=1S/C37H57BrN6O6Si2/c1-37(2,3)50-36(46)43-27-12-13-28(43)20-26(19-27)32-31(38)34(42(23-48-15-17-51(5,6)7)24-49-16-18-52(8,9)10)44-33(41-32)29(22-40-44)25-11-14-30(39-21-25)35(45)47-4/h11,14,21-22,26-28H,12-13,15-20,23-24H2,1-10H3/t26-,27-,28+. The van der Waals surface area contributed by atoms with Crippen molar-refractivity contribution in [2.24, 2.45) is 0 Å². The quantitative estimate of drug-likeness (QED) is 0.0679. The minimum Gasteiger partial charge on any atom is -0.464 e. The van der Waals surface area contributed by atoms with Crippen LogP contribution >= 0.6 is 15.9 Å². The topological polar surface area (TPSA) is 121 Å². The van der Waals surface area contributed by atoms with Crippen molar-refractivity contribution in [2.45, 2.75) is 121 Å². The third kappa shape index (κ3) is 10.0. The van der Waals surface area contributed by atoms with Gasteiger partial charge >= 0.3 is 12.1 Å². The molecule has 0 saturated carbocycles. The van der Waals surface area contributed by atoms with Crippen LogP contribution in [0.1, 0.15) is 68.6 Å². The number of fused-ring (bicyclic) bond motifs is 3. The summed E-state index contributed by atoms with van der Waals surface area (Å²) in [5, 5.41) is 4.88. The fourth-order valence-corrected chi connectivity index (χ4v) is 9.12. The number of anilines is 1. The molecular weight excluding hydrogens is 761 g/mol. The fraction of sp³-hybridized carbons (Fsp3) is 0.649. The minimum absolute atomic E-state index is 0.0670. The van der Waals surface area contributed by atoms with Gasteiger partial charge in [0.05, 0.1) is 23.5 Å². The van der Waals surface area contributed by atoms with E-state index in [-0.39, 0.29) is 29.8 Å². The molecule has 2 bridgehead atoms. The summed E-state index contributed by atoms with van der Waals surface area (Å²) in [6.07, 6.45) is 6.63. The zero-order chi connectivity index (χ0) is 38.0. The Kier molecular flexibility index (Phi) is 12.6. The zero-order valence-corrected chi connectivity index (χ0v) is 36.2. The van der Waals surface area contributed by atoms with E-state index < -0.39 is 27.7 Å². The lowest BCUT2D eigenvalue weighted by Crippen LogP contribution is -2.48. The van der Waals surface area contributed by atoms with E-state index in [1.165, 1.54) is 7.11 Å². The van der Waals surface area contributed by atoms with Gasteiger partial charge in [0, 0.05) is 64.7 Å². The maximum atomic E-state index is 13.3. The molecule has 52 heavy (non-hydrogen) atoms. The number of hydrogen-bond acceptors (Lipinski definition) is 10. The number of hydrogen-bond donors (Lipinski definition) is 0. The van der Waals surface area contributed by atoms with E-state index in [9.17, 15) is 9.59 Å². The Morgan fingerprint density at radius 1 is 0.942 bits per heavy atom. The number of ether oxygens (including phenoxy) is 4. The van der Waals surface area contributed by atoms with Crippen LogP contribution in [-0.2, 0) is 18.9 Å². The molecule has 3 aromatic rings. The summed E-state index contributed by atoms with van der Waals surface area (Å²) in [6, 6.07) is 5.73. The molecule has 5 heterocycles. The molecule has 2 saturated heterocycles. The highest BCUT2D eigenvalue weighted by atomic mass is 79.9. The lowest BCUT2D eigenvalue weighted by molar-refractivity contribution is 0.00564. The number of piperidine rings is 1. The molecule has 2 aliphatic rings. The van der Waals surface area contributed by atoms with Gasteiger partial charge in [-0.15, -0.1) is 0 Å². The highest BCUT2D eigenvalue weighted by Gasteiger charge is 2.46. The summed E-state index contributed by atoms with van der Waals surface area (Å²) in [5.41, 5.74) is 2.81. The third-order valence-corrected chi connectivity index (χ3v) is 13.7. The van der Waals surface area contributed by atoms with Crippen molar-refractivity contribution < 1.29 is 28.5 Å². The van der Waals surface area contributed by atoms with Crippen LogP contribution in [-0.4, -0.2) is 104 Å². The molecular formula is C37H57BrN6O6Si2. The first-order valence-electron chi connectivity index (χ1n) is 18.4. The van der Waals surface area contributed by atoms with Crippen LogP contribution in [0.3, 0.4) is 0 Å². The largest absolute Gasteiger partial charge is 0.464 e. The van der Waals surface area contributed by atoms with Crippen molar-refractivity contribution in [2.75, 3.05) is 38.7 Å². The average molecular weight is 818 g/mol. The van der Waals surface area contributed by atoms with Crippen LogP contribution < -0.4 is 4.90 Å². The van der Waals surface area contributed by atoms with Gasteiger partial charge in [0.15, 0.2) is 11.5 Å². The first kappa shape index (κ1) is 40.3. The predicted molar refractivity (Wildman–Crippen MR) is 213 cm³/mol. The van der Waals surface area contributed by atoms with Crippen molar-refractivity contribution >= 4 is 55.6 Å². The second-order valence-electron chi connectivity index (χ2n) is 17.5. The van der Waals surface area contributed by atoms with E-state index >= 15 is 0 Å². The Morgan fingerprint density at radius 2 is 1.54 bits per heavy atom. The normalized spacial score (nSPS) is 19.3. The van der Waals surface area contributed by atoms with Crippen LogP contribution in [0.4, 0.5) is 10.6 Å². The number of halogens is 1. The van der Waals surface area contributed by atoms with Crippen LogP contribution in [0.15, 0.2) is 29.0 Å². The molecule has 3 aromatic heterocycles. The Labute approximate surface area is 319 Å². The SMILES string of the molecule is COC(=O)c1ccc(-c2cnn3c(N(COCC[Si](C)(C)C)COCC[Si](C)(C)C)c(Br)c([C@@H]4C[C@H]5CC[C@@H](C4)N5C(=O)OC(C)(C)C)nc23)cn1. The van der Waals surface area contributed by atoms with E-state index in [0.29, 0.717) is 32.3 Å². The monoisotopic (exact) mass is 816 g/mol. The van der Waals surface area contributed by atoms with Gasteiger partial charge in [-0.1, -0.05) is 45.3 Å². The molecule has 0 aliphatic carbocycles. The molecule has 2 fully saturated rings.